The Hall–Kier alpha value is -4.67. The highest BCUT2D eigenvalue weighted by Gasteiger charge is 2.30. The van der Waals surface area contributed by atoms with Gasteiger partial charge in [0.25, 0.3) is 11.8 Å². The zero-order chi connectivity index (χ0) is 25.7. The molecule has 0 radical (unpaired) electrons. The van der Waals surface area contributed by atoms with E-state index in [4.69, 9.17) is 9.26 Å². The Bertz CT molecular complexity index is 1380. The second-order valence-corrected chi connectivity index (χ2v) is 7.61. The molecule has 2 amide bonds. The second-order valence-electron chi connectivity index (χ2n) is 7.61. The summed E-state index contributed by atoms with van der Waals surface area (Å²) in [5.41, 5.74) is 0.324. The van der Waals surface area contributed by atoms with Crippen molar-refractivity contribution in [2.45, 2.75) is 13.1 Å². The molecule has 0 aliphatic carbocycles. The third kappa shape index (κ3) is 6.26. The first-order chi connectivity index (χ1) is 17.2. The van der Waals surface area contributed by atoms with Gasteiger partial charge in [-0.25, -0.2) is 0 Å². The van der Waals surface area contributed by atoms with Crippen molar-refractivity contribution in [3.05, 3.63) is 89.8 Å². The molecule has 0 saturated carbocycles. The quantitative estimate of drug-likeness (QED) is 0.358. The van der Waals surface area contributed by atoms with E-state index in [9.17, 15) is 22.8 Å². The number of carbonyl (C=O) groups excluding carboxylic acids is 2. The van der Waals surface area contributed by atoms with Crippen molar-refractivity contribution < 1.29 is 32.0 Å². The molecule has 8 nitrogen and oxygen atoms in total. The lowest BCUT2D eigenvalue weighted by molar-refractivity contribution is -0.137. The normalized spacial score (nSPS) is 11.1. The lowest BCUT2D eigenvalue weighted by atomic mass is 10.1. The van der Waals surface area contributed by atoms with Crippen LogP contribution in [0.25, 0.3) is 11.4 Å². The lowest BCUT2D eigenvalue weighted by Crippen LogP contribution is -2.20. The number of nitrogens with one attached hydrogen (secondary N) is 2. The zero-order valence-electron chi connectivity index (χ0n) is 18.8. The molecule has 0 aliphatic rings. The van der Waals surface area contributed by atoms with Crippen molar-refractivity contribution in [2.24, 2.45) is 0 Å². The highest BCUT2D eigenvalue weighted by molar-refractivity contribution is 6.05. The number of alkyl halides is 3. The molecule has 184 valence electrons. The first kappa shape index (κ1) is 24.5. The van der Waals surface area contributed by atoms with E-state index in [-0.39, 0.29) is 17.9 Å². The molecule has 4 rings (SSSR count). The van der Waals surface area contributed by atoms with Gasteiger partial charge in [0.15, 0.2) is 6.61 Å². The van der Waals surface area contributed by atoms with Gasteiger partial charge < -0.3 is 19.9 Å². The highest BCUT2D eigenvalue weighted by atomic mass is 19.4. The maximum Gasteiger partial charge on any atom is 0.416 e. The number of hydrogen-bond acceptors (Lipinski definition) is 6. The molecule has 1 heterocycles. The average molecular weight is 496 g/mol. The summed E-state index contributed by atoms with van der Waals surface area (Å²) < 4.78 is 49.1. The summed E-state index contributed by atoms with van der Waals surface area (Å²) in [5, 5.41) is 8.87. The highest BCUT2D eigenvalue weighted by Crippen LogP contribution is 2.30. The van der Waals surface area contributed by atoms with Crippen LogP contribution in [0, 0.1) is 6.92 Å². The Morgan fingerprint density at radius 2 is 1.64 bits per heavy atom. The molecule has 36 heavy (non-hydrogen) atoms. The monoisotopic (exact) mass is 496 g/mol. The minimum absolute atomic E-state index is 0.00171. The molecule has 2 N–H and O–H groups in total. The van der Waals surface area contributed by atoms with Crippen LogP contribution in [0.2, 0.25) is 0 Å². The van der Waals surface area contributed by atoms with Gasteiger partial charge in [0.1, 0.15) is 5.75 Å². The molecule has 3 aromatic carbocycles. The van der Waals surface area contributed by atoms with Crippen LogP contribution in [-0.2, 0) is 11.0 Å². The summed E-state index contributed by atoms with van der Waals surface area (Å²) in [6.45, 7) is 1.40. The molecule has 0 spiro atoms. The number of nitrogens with zero attached hydrogens (tertiary/aromatic N) is 2. The number of benzene rings is 3. The van der Waals surface area contributed by atoms with Gasteiger partial charge in [0, 0.05) is 29.4 Å². The third-order valence-corrected chi connectivity index (χ3v) is 4.87. The Balaban J connectivity index is 1.33. The number of hydrogen-bond donors (Lipinski definition) is 2. The zero-order valence-corrected chi connectivity index (χ0v) is 18.8. The Morgan fingerprint density at radius 1 is 0.944 bits per heavy atom. The van der Waals surface area contributed by atoms with Crippen LogP contribution in [-0.4, -0.2) is 28.6 Å². The van der Waals surface area contributed by atoms with Crippen molar-refractivity contribution >= 4 is 23.2 Å². The van der Waals surface area contributed by atoms with Crippen molar-refractivity contribution in [1.29, 1.82) is 0 Å². The predicted molar refractivity (Wildman–Crippen MR) is 124 cm³/mol. The molecule has 11 heteroatoms. The van der Waals surface area contributed by atoms with Crippen molar-refractivity contribution in [1.82, 2.24) is 10.1 Å². The van der Waals surface area contributed by atoms with E-state index in [0.29, 0.717) is 23.2 Å². The maximum absolute atomic E-state index is 12.9. The topological polar surface area (TPSA) is 106 Å². The van der Waals surface area contributed by atoms with Gasteiger partial charge in [-0.15, -0.1) is 0 Å². The SMILES string of the molecule is Cc1nc(-c2ccc(OCC(=O)Nc3cccc(C(=O)Nc4cccc(C(F)(F)F)c4)c3)cc2)no1. The van der Waals surface area contributed by atoms with E-state index >= 15 is 0 Å². The van der Waals surface area contributed by atoms with Crippen molar-refractivity contribution in [2.75, 3.05) is 17.2 Å². The molecule has 0 unspecified atom stereocenters. The standard InChI is InChI=1S/C25H19F3N4O4/c1-15-29-23(32-36-15)16-8-10-21(11-9-16)35-14-22(33)30-19-6-2-4-17(12-19)24(34)31-20-7-3-5-18(13-20)25(26,27)28/h2-13H,14H2,1H3,(H,30,33)(H,31,34). The smallest absolute Gasteiger partial charge is 0.416 e. The number of ether oxygens (including phenoxy) is 1. The number of anilines is 2. The van der Waals surface area contributed by atoms with Gasteiger partial charge in [0.2, 0.25) is 11.7 Å². The van der Waals surface area contributed by atoms with E-state index in [1.165, 1.54) is 30.3 Å². The van der Waals surface area contributed by atoms with Crippen LogP contribution in [0.1, 0.15) is 21.8 Å². The molecule has 4 aromatic rings. The Labute approximate surface area is 203 Å². The van der Waals surface area contributed by atoms with Crippen LogP contribution in [0.3, 0.4) is 0 Å². The molecule has 1 aromatic heterocycles. The third-order valence-electron chi connectivity index (χ3n) is 4.87. The van der Waals surface area contributed by atoms with E-state index in [1.807, 2.05) is 0 Å². The van der Waals surface area contributed by atoms with Crippen LogP contribution < -0.4 is 15.4 Å². The van der Waals surface area contributed by atoms with Crippen molar-refractivity contribution in [3.63, 3.8) is 0 Å². The fourth-order valence-electron chi connectivity index (χ4n) is 3.18. The van der Waals surface area contributed by atoms with Gasteiger partial charge in [-0.3, -0.25) is 9.59 Å². The second kappa shape index (κ2) is 10.3. The van der Waals surface area contributed by atoms with Crippen LogP contribution in [0.4, 0.5) is 24.5 Å². The summed E-state index contributed by atoms with van der Waals surface area (Å²) >= 11 is 0. The summed E-state index contributed by atoms with van der Waals surface area (Å²) in [4.78, 5) is 28.9. The van der Waals surface area contributed by atoms with Crippen LogP contribution in [0.15, 0.2) is 77.3 Å². The van der Waals surface area contributed by atoms with E-state index in [1.54, 1.807) is 37.3 Å². The predicted octanol–water partition coefficient (Wildman–Crippen LogP) is 5.33. The molecule has 0 aliphatic heterocycles. The number of halogens is 3. The Kier molecular flexibility index (Phi) is 7.00. The van der Waals surface area contributed by atoms with E-state index < -0.39 is 23.6 Å². The van der Waals surface area contributed by atoms with Crippen molar-refractivity contribution in [3.8, 4) is 17.1 Å². The Morgan fingerprint density at radius 3 is 2.31 bits per heavy atom. The summed E-state index contributed by atoms with van der Waals surface area (Å²) in [6, 6.07) is 17.1. The number of amides is 2. The van der Waals surface area contributed by atoms with E-state index in [2.05, 4.69) is 20.8 Å². The number of aryl methyl sites for hydroxylation is 1. The minimum atomic E-state index is -4.53. The van der Waals surface area contributed by atoms with Gasteiger partial charge in [-0.05, 0) is 60.7 Å². The average Bonchev–Trinajstić information content (AvgIpc) is 3.29. The largest absolute Gasteiger partial charge is 0.484 e. The fourth-order valence-corrected chi connectivity index (χ4v) is 3.18. The van der Waals surface area contributed by atoms with E-state index in [0.717, 1.165) is 17.7 Å². The first-order valence-corrected chi connectivity index (χ1v) is 10.6. The molecule has 0 saturated heterocycles. The fraction of sp³-hybridized carbons (Fsp3) is 0.120. The maximum atomic E-state index is 12.9. The van der Waals surface area contributed by atoms with Crippen LogP contribution >= 0.6 is 0 Å². The summed E-state index contributed by atoms with van der Waals surface area (Å²) in [5.74, 6) is 0.234. The van der Waals surface area contributed by atoms with Gasteiger partial charge in [-0.1, -0.05) is 17.3 Å². The molecular formula is C25H19F3N4O4. The minimum Gasteiger partial charge on any atom is -0.484 e. The molecule has 0 bridgehead atoms. The van der Waals surface area contributed by atoms with Gasteiger partial charge in [-0.2, -0.15) is 18.2 Å². The molecule has 0 atom stereocenters. The molecule has 0 fully saturated rings. The lowest BCUT2D eigenvalue weighted by Gasteiger charge is -2.11. The van der Waals surface area contributed by atoms with Gasteiger partial charge in [0.05, 0.1) is 5.56 Å². The number of carbonyl (C=O) groups is 2. The number of aromatic nitrogens is 2. The van der Waals surface area contributed by atoms with Gasteiger partial charge >= 0.3 is 6.18 Å². The summed E-state index contributed by atoms with van der Waals surface area (Å²) in [6.07, 6.45) is -4.53. The first-order valence-electron chi connectivity index (χ1n) is 10.6. The number of rotatable bonds is 7. The van der Waals surface area contributed by atoms with Crippen LogP contribution in [0.5, 0.6) is 5.75 Å². The molecular weight excluding hydrogens is 477 g/mol. The summed E-state index contributed by atoms with van der Waals surface area (Å²) in [7, 11) is 0.